The number of carbonyl (C=O) groups excluding carboxylic acids is 2. The largest absolute Gasteiger partial charge is 0.573 e. The van der Waals surface area contributed by atoms with E-state index >= 15 is 0 Å². The summed E-state index contributed by atoms with van der Waals surface area (Å²) in [5, 5.41) is 7.73. The molecule has 0 unspecified atom stereocenters. The first-order valence-corrected chi connectivity index (χ1v) is 10.9. The minimum atomic E-state index is -4.93. The van der Waals surface area contributed by atoms with Gasteiger partial charge in [-0.3, -0.25) is 10.1 Å². The normalized spacial score (nSPS) is 11.1. The maximum absolute atomic E-state index is 12.5. The highest BCUT2D eigenvalue weighted by Crippen LogP contribution is 2.30. The molecule has 36 heavy (non-hydrogen) atoms. The molecule has 2 amide bonds. The van der Waals surface area contributed by atoms with Crippen LogP contribution in [-0.2, 0) is 11.3 Å². The number of carbonyl (C=O) groups is 2. The number of H-pyrrole nitrogens is 1. The van der Waals surface area contributed by atoms with Crippen molar-refractivity contribution < 1.29 is 27.5 Å². The van der Waals surface area contributed by atoms with E-state index in [0.29, 0.717) is 25.1 Å². The van der Waals surface area contributed by atoms with E-state index in [9.17, 15) is 27.6 Å². The molecule has 3 aromatic rings. The number of ether oxygens (including phenoxy) is 1. The summed E-state index contributed by atoms with van der Waals surface area (Å²) >= 11 is 0. The van der Waals surface area contributed by atoms with Gasteiger partial charge < -0.3 is 25.1 Å². The van der Waals surface area contributed by atoms with Crippen molar-refractivity contribution in [2.75, 3.05) is 17.2 Å². The summed E-state index contributed by atoms with van der Waals surface area (Å²) in [6, 6.07) is 11.3. The van der Waals surface area contributed by atoms with E-state index in [1.165, 1.54) is 24.4 Å². The maximum Gasteiger partial charge on any atom is 0.573 e. The van der Waals surface area contributed by atoms with E-state index in [0.717, 1.165) is 18.1 Å². The molecule has 12 heteroatoms. The summed E-state index contributed by atoms with van der Waals surface area (Å²) in [5.41, 5.74) is 1.04. The molecule has 0 spiro atoms. The van der Waals surface area contributed by atoms with E-state index in [2.05, 4.69) is 30.7 Å². The third-order valence-corrected chi connectivity index (χ3v) is 4.87. The van der Waals surface area contributed by atoms with Crippen molar-refractivity contribution in [1.29, 1.82) is 0 Å². The average molecular weight is 503 g/mol. The van der Waals surface area contributed by atoms with Crippen LogP contribution in [0.5, 0.6) is 5.75 Å². The van der Waals surface area contributed by atoms with Gasteiger partial charge in [0.25, 0.3) is 5.56 Å². The molecule has 0 radical (unpaired) electrons. The van der Waals surface area contributed by atoms with Crippen molar-refractivity contribution in [2.45, 2.75) is 32.7 Å². The number of aromatic nitrogens is 2. The fraction of sp³-hybridized carbons (Fsp3) is 0.250. The first-order chi connectivity index (χ1) is 17.1. The number of anilines is 2. The second-order valence-electron chi connectivity index (χ2n) is 7.77. The number of alkyl halides is 3. The van der Waals surface area contributed by atoms with E-state index in [1.807, 2.05) is 12.1 Å². The van der Waals surface area contributed by atoms with Crippen LogP contribution in [0.4, 0.5) is 29.6 Å². The van der Waals surface area contributed by atoms with Crippen molar-refractivity contribution in [3.8, 4) is 16.9 Å². The lowest BCUT2D eigenvalue weighted by Gasteiger charge is -2.14. The lowest BCUT2D eigenvalue weighted by molar-refractivity contribution is -0.274. The number of hydrogen-bond acceptors (Lipinski definition) is 6. The van der Waals surface area contributed by atoms with E-state index in [-0.39, 0.29) is 23.0 Å². The van der Waals surface area contributed by atoms with E-state index in [1.54, 1.807) is 19.1 Å². The van der Waals surface area contributed by atoms with Gasteiger partial charge in [-0.2, -0.15) is 4.98 Å². The summed E-state index contributed by atoms with van der Waals surface area (Å²) in [4.78, 5) is 42.1. The summed E-state index contributed by atoms with van der Waals surface area (Å²) in [6.07, 6.45) is -2.25. The van der Waals surface area contributed by atoms with Crippen LogP contribution in [0.25, 0.3) is 11.1 Å². The number of rotatable bonds is 10. The van der Waals surface area contributed by atoms with Gasteiger partial charge in [0.05, 0.1) is 11.3 Å². The number of ketones is 1. The summed E-state index contributed by atoms with van der Waals surface area (Å²) in [7, 11) is 0. The van der Waals surface area contributed by atoms with Gasteiger partial charge >= 0.3 is 12.4 Å². The molecule has 0 bridgehead atoms. The maximum atomic E-state index is 12.5. The lowest BCUT2D eigenvalue weighted by Crippen LogP contribution is -2.24. The number of aromatic amines is 1. The molecule has 3 rings (SSSR count). The number of amides is 2. The van der Waals surface area contributed by atoms with Crippen LogP contribution in [0.1, 0.15) is 25.3 Å². The second kappa shape index (κ2) is 12.0. The molecule has 1 heterocycles. The first-order valence-electron chi connectivity index (χ1n) is 10.9. The highest BCUT2D eigenvalue weighted by atomic mass is 19.4. The Bertz CT molecular complexity index is 1260. The Morgan fingerprint density at radius 2 is 1.78 bits per heavy atom. The molecule has 0 aliphatic carbocycles. The van der Waals surface area contributed by atoms with Gasteiger partial charge in [-0.1, -0.05) is 36.4 Å². The third-order valence-electron chi connectivity index (χ3n) is 4.87. The predicted molar refractivity (Wildman–Crippen MR) is 128 cm³/mol. The standard InChI is InChI=1S/C24H24F3N5O4/c1-15(33)5-4-12-28-13-16-8-10-17(11-9-16)18-14-29-22(31-21(18)34)32-23(35)30-19-6-2-3-7-20(19)36-24(25,26)27/h2-3,6-11,14,28H,4-5,12-13H2,1H3,(H3,29,30,31,32,34,35). The van der Waals surface area contributed by atoms with Crippen LogP contribution in [0, 0.1) is 0 Å². The fourth-order valence-corrected chi connectivity index (χ4v) is 3.21. The Kier molecular flexibility index (Phi) is 8.79. The number of nitrogens with one attached hydrogen (secondary N) is 4. The van der Waals surface area contributed by atoms with Gasteiger partial charge in [0, 0.05) is 19.2 Å². The van der Waals surface area contributed by atoms with Crippen LogP contribution >= 0.6 is 0 Å². The van der Waals surface area contributed by atoms with Crippen molar-refractivity contribution >= 4 is 23.5 Å². The average Bonchev–Trinajstić information content (AvgIpc) is 2.80. The summed E-state index contributed by atoms with van der Waals surface area (Å²) < 4.78 is 41.5. The summed E-state index contributed by atoms with van der Waals surface area (Å²) in [5.74, 6) is -0.629. The quantitative estimate of drug-likeness (QED) is 0.303. The van der Waals surface area contributed by atoms with E-state index < -0.39 is 23.7 Å². The SMILES string of the molecule is CC(=O)CCCNCc1ccc(-c2c[nH]c(NC(=O)Nc3ccccc3OC(F)(F)F)nc2=O)cc1. The summed E-state index contributed by atoms with van der Waals surface area (Å²) in [6.45, 7) is 2.89. The molecule has 0 aliphatic rings. The van der Waals surface area contributed by atoms with Crippen molar-refractivity contribution in [3.05, 3.63) is 70.6 Å². The number of benzene rings is 2. The van der Waals surface area contributed by atoms with Crippen LogP contribution < -0.4 is 26.2 Å². The smallest absolute Gasteiger partial charge is 0.404 e. The van der Waals surface area contributed by atoms with Gasteiger partial charge in [-0.25, -0.2) is 4.79 Å². The Hall–Kier alpha value is -4.19. The number of Topliss-reactive ketones (excluding diaryl/α,β-unsaturated/α-hetero) is 1. The third kappa shape index (κ3) is 8.24. The molecule has 0 saturated heterocycles. The number of hydrogen-bond donors (Lipinski definition) is 4. The molecule has 0 saturated carbocycles. The zero-order valence-corrected chi connectivity index (χ0v) is 19.2. The van der Waals surface area contributed by atoms with Gasteiger partial charge in [-0.15, -0.1) is 13.2 Å². The highest BCUT2D eigenvalue weighted by Gasteiger charge is 2.32. The minimum absolute atomic E-state index is 0.155. The number of nitrogens with zero attached hydrogens (tertiary/aromatic N) is 1. The highest BCUT2D eigenvalue weighted by molar-refractivity contribution is 5.99. The minimum Gasteiger partial charge on any atom is -0.404 e. The molecule has 4 N–H and O–H groups in total. The Balaban J connectivity index is 1.59. The topological polar surface area (TPSA) is 125 Å². The number of para-hydroxylation sites is 2. The van der Waals surface area contributed by atoms with Crippen LogP contribution in [0.2, 0.25) is 0 Å². The Morgan fingerprint density at radius 3 is 2.44 bits per heavy atom. The monoisotopic (exact) mass is 503 g/mol. The van der Waals surface area contributed by atoms with Crippen LogP contribution in [0.15, 0.2) is 59.5 Å². The zero-order valence-electron chi connectivity index (χ0n) is 19.2. The molecule has 0 fully saturated rings. The van der Waals surface area contributed by atoms with Crippen molar-refractivity contribution in [2.24, 2.45) is 0 Å². The second-order valence-corrected chi connectivity index (χ2v) is 7.77. The molecule has 0 aliphatic heterocycles. The zero-order chi connectivity index (χ0) is 26.1. The van der Waals surface area contributed by atoms with Gasteiger partial charge in [0.2, 0.25) is 5.95 Å². The number of halogens is 3. The number of urea groups is 1. The fourth-order valence-electron chi connectivity index (χ4n) is 3.21. The predicted octanol–water partition coefficient (Wildman–Crippen LogP) is 4.44. The Morgan fingerprint density at radius 1 is 1.06 bits per heavy atom. The van der Waals surface area contributed by atoms with Crippen LogP contribution in [-0.4, -0.2) is 34.7 Å². The molecule has 2 aromatic carbocycles. The van der Waals surface area contributed by atoms with Gasteiger partial charge in [0.15, 0.2) is 5.75 Å². The van der Waals surface area contributed by atoms with Crippen LogP contribution in [0.3, 0.4) is 0 Å². The Labute approximate surface area is 204 Å². The molecule has 9 nitrogen and oxygen atoms in total. The van der Waals surface area contributed by atoms with Gasteiger partial charge in [-0.05, 0) is 43.1 Å². The van der Waals surface area contributed by atoms with Crippen molar-refractivity contribution in [3.63, 3.8) is 0 Å². The molecule has 1 aromatic heterocycles. The molecule has 190 valence electrons. The molecular weight excluding hydrogens is 479 g/mol. The first kappa shape index (κ1) is 26.4. The van der Waals surface area contributed by atoms with E-state index in [4.69, 9.17) is 0 Å². The lowest BCUT2D eigenvalue weighted by atomic mass is 10.1. The molecular formula is C24H24F3N5O4. The van der Waals surface area contributed by atoms with Gasteiger partial charge in [0.1, 0.15) is 5.78 Å². The van der Waals surface area contributed by atoms with Crippen molar-refractivity contribution in [1.82, 2.24) is 15.3 Å². The molecule has 0 atom stereocenters.